The Labute approximate surface area is 172 Å². The molecule has 1 fully saturated rings. The van der Waals surface area contributed by atoms with Crippen molar-refractivity contribution < 1.29 is 14.4 Å². The van der Waals surface area contributed by atoms with E-state index >= 15 is 0 Å². The molecule has 2 N–H and O–H groups in total. The number of aromatic amines is 1. The Balaban J connectivity index is 1.41. The molecule has 0 bridgehead atoms. The van der Waals surface area contributed by atoms with Crippen LogP contribution < -0.4 is 5.32 Å². The van der Waals surface area contributed by atoms with Gasteiger partial charge in [-0.05, 0) is 35.6 Å². The van der Waals surface area contributed by atoms with Crippen LogP contribution in [0.5, 0.6) is 0 Å². The predicted molar refractivity (Wildman–Crippen MR) is 112 cm³/mol. The molecule has 1 aliphatic rings. The Morgan fingerprint density at radius 2 is 2.03 bits per heavy atom. The van der Waals surface area contributed by atoms with Gasteiger partial charge in [0.05, 0.1) is 6.54 Å². The van der Waals surface area contributed by atoms with Crippen LogP contribution in [0.2, 0.25) is 0 Å². The number of fused-ring (bicyclic) bond motifs is 1. The maximum Gasteiger partial charge on any atom is 0.325 e. The first-order valence-corrected chi connectivity index (χ1v) is 10.3. The second-order valence-electron chi connectivity index (χ2n) is 7.27. The highest BCUT2D eigenvalue weighted by atomic mass is 32.1. The van der Waals surface area contributed by atoms with Crippen LogP contribution in [0.4, 0.5) is 4.79 Å². The normalized spacial score (nSPS) is 16.5. The van der Waals surface area contributed by atoms with Crippen molar-refractivity contribution in [2.45, 2.75) is 25.9 Å². The number of carbonyl (C=O) groups is 3. The van der Waals surface area contributed by atoms with Gasteiger partial charge in [-0.1, -0.05) is 18.2 Å². The van der Waals surface area contributed by atoms with Crippen molar-refractivity contribution in [3.05, 3.63) is 57.9 Å². The summed E-state index contributed by atoms with van der Waals surface area (Å²) in [5, 5.41) is 5.72. The molecule has 0 unspecified atom stereocenters. The lowest BCUT2D eigenvalue weighted by Gasteiger charge is -2.20. The molecule has 3 aromatic rings. The summed E-state index contributed by atoms with van der Waals surface area (Å²) in [5.74, 6) is -0.636. The van der Waals surface area contributed by atoms with E-state index in [1.54, 1.807) is 23.3 Å². The molecule has 150 valence electrons. The van der Waals surface area contributed by atoms with Gasteiger partial charge in [-0.25, -0.2) is 4.79 Å². The fourth-order valence-electron chi connectivity index (χ4n) is 3.51. The van der Waals surface area contributed by atoms with Gasteiger partial charge in [0.2, 0.25) is 5.91 Å². The SMILES string of the molecule is Cc1ccsc1CN(C)C(=O)CN1C(=O)N[C@@H](Cc2c[nH]c3ccccc23)C1=O. The number of rotatable bonds is 6. The van der Waals surface area contributed by atoms with Crippen LogP contribution in [0.25, 0.3) is 10.9 Å². The Hall–Kier alpha value is -3.13. The molecule has 1 aromatic carbocycles. The first kappa shape index (κ1) is 19.2. The standard InChI is InChI=1S/C21H22N4O3S/c1-13-7-8-29-18(13)11-24(2)19(26)12-25-20(27)17(23-21(25)28)9-14-10-22-16-6-4-3-5-15(14)16/h3-8,10,17,22H,9,11-12H2,1-2H3,(H,23,28)/t17-/m0/s1. The average molecular weight is 410 g/mol. The van der Waals surface area contributed by atoms with Gasteiger partial charge in [0.15, 0.2) is 0 Å². The highest BCUT2D eigenvalue weighted by molar-refractivity contribution is 7.10. The Morgan fingerprint density at radius 3 is 2.79 bits per heavy atom. The van der Waals surface area contributed by atoms with E-state index in [0.29, 0.717) is 13.0 Å². The fraction of sp³-hybridized carbons (Fsp3) is 0.286. The van der Waals surface area contributed by atoms with Crippen LogP contribution in [0.15, 0.2) is 41.9 Å². The number of nitrogens with zero attached hydrogens (tertiary/aromatic N) is 2. The first-order valence-electron chi connectivity index (χ1n) is 9.38. The Morgan fingerprint density at radius 1 is 1.24 bits per heavy atom. The molecule has 7 nitrogen and oxygen atoms in total. The predicted octanol–water partition coefficient (Wildman–Crippen LogP) is 2.66. The van der Waals surface area contributed by atoms with Crippen LogP contribution in [0.1, 0.15) is 16.0 Å². The number of amides is 4. The number of urea groups is 1. The number of benzene rings is 1. The van der Waals surface area contributed by atoms with Crippen molar-refractivity contribution in [3.63, 3.8) is 0 Å². The molecular weight excluding hydrogens is 388 g/mol. The summed E-state index contributed by atoms with van der Waals surface area (Å²) in [6.45, 7) is 2.21. The van der Waals surface area contributed by atoms with Gasteiger partial charge >= 0.3 is 6.03 Å². The van der Waals surface area contributed by atoms with Gasteiger partial charge in [-0.15, -0.1) is 11.3 Å². The number of para-hydroxylation sites is 1. The first-order chi connectivity index (χ1) is 13.9. The van der Waals surface area contributed by atoms with Crippen LogP contribution in [-0.4, -0.2) is 52.3 Å². The largest absolute Gasteiger partial charge is 0.361 e. The van der Waals surface area contributed by atoms with E-state index in [4.69, 9.17) is 0 Å². The van der Waals surface area contributed by atoms with E-state index in [2.05, 4.69) is 10.3 Å². The molecule has 8 heteroatoms. The summed E-state index contributed by atoms with van der Waals surface area (Å²) in [5.41, 5.74) is 3.07. The van der Waals surface area contributed by atoms with Gasteiger partial charge in [0.1, 0.15) is 12.6 Å². The molecular formula is C21H22N4O3S. The fourth-order valence-corrected chi connectivity index (χ4v) is 4.47. The lowest BCUT2D eigenvalue weighted by atomic mass is 10.1. The number of H-pyrrole nitrogens is 1. The zero-order valence-electron chi connectivity index (χ0n) is 16.3. The molecule has 0 radical (unpaired) electrons. The number of nitrogens with one attached hydrogen (secondary N) is 2. The molecule has 0 saturated carbocycles. The summed E-state index contributed by atoms with van der Waals surface area (Å²) in [6.07, 6.45) is 2.23. The third-order valence-corrected chi connectivity index (χ3v) is 6.28. The van der Waals surface area contributed by atoms with E-state index in [1.165, 1.54) is 0 Å². The van der Waals surface area contributed by atoms with Crippen molar-refractivity contribution in [1.29, 1.82) is 0 Å². The van der Waals surface area contributed by atoms with Crippen LogP contribution in [-0.2, 0) is 22.6 Å². The van der Waals surface area contributed by atoms with Crippen molar-refractivity contribution in [2.24, 2.45) is 0 Å². The lowest BCUT2D eigenvalue weighted by molar-refractivity contribution is -0.136. The number of imide groups is 1. The maximum atomic E-state index is 12.8. The minimum atomic E-state index is -0.667. The minimum Gasteiger partial charge on any atom is -0.361 e. The van der Waals surface area contributed by atoms with Gasteiger partial charge in [-0.3, -0.25) is 14.5 Å². The molecule has 1 atom stereocenters. The molecule has 3 heterocycles. The van der Waals surface area contributed by atoms with E-state index < -0.39 is 12.1 Å². The van der Waals surface area contributed by atoms with Gasteiger partial charge in [0.25, 0.3) is 5.91 Å². The van der Waals surface area contributed by atoms with Crippen LogP contribution >= 0.6 is 11.3 Å². The topological polar surface area (TPSA) is 85.5 Å². The quantitative estimate of drug-likeness (QED) is 0.613. The van der Waals surface area contributed by atoms with Crippen molar-refractivity contribution in [3.8, 4) is 0 Å². The molecule has 1 aliphatic heterocycles. The third kappa shape index (κ3) is 3.75. The number of hydrogen-bond acceptors (Lipinski definition) is 4. The molecule has 29 heavy (non-hydrogen) atoms. The zero-order chi connectivity index (χ0) is 20.5. The number of hydrogen-bond donors (Lipinski definition) is 2. The summed E-state index contributed by atoms with van der Waals surface area (Å²) in [7, 11) is 1.68. The summed E-state index contributed by atoms with van der Waals surface area (Å²) in [4.78, 5) is 44.5. The molecule has 1 saturated heterocycles. The number of likely N-dealkylation sites (N-methyl/N-ethyl adjacent to an activating group) is 1. The number of carbonyl (C=O) groups excluding carboxylic acids is 3. The molecule has 4 amide bonds. The highest BCUT2D eigenvalue weighted by Crippen LogP contribution is 2.21. The van der Waals surface area contributed by atoms with Crippen molar-refractivity contribution in [2.75, 3.05) is 13.6 Å². The third-order valence-electron chi connectivity index (χ3n) is 5.27. The number of aryl methyl sites for hydroxylation is 1. The molecule has 2 aromatic heterocycles. The second-order valence-corrected chi connectivity index (χ2v) is 8.27. The smallest absolute Gasteiger partial charge is 0.325 e. The zero-order valence-corrected chi connectivity index (χ0v) is 17.1. The highest BCUT2D eigenvalue weighted by Gasteiger charge is 2.39. The van der Waals surface area contributed by atoms with Crippen LogP contribution in [0, 0.1) is 6.92 Å². The van der Waals surface area contributed by atoms with E-state index in [1.807, 2.05) is 48.8 Å². The monoisotopic (exact) mass is 410 g/mol. The van der Waals surface area contributed by atoms with E-state index in [-0.39, 0.29) is 18.4 Å². The van der Waals surface area contributed by atoms with Gasteiger partial charge in [-0.2, -0.15) is 0 Å². The lowest BCUT2D eigenvalue weighted by Crippen LogP contribution is -2.41. The van der Waals surface area contributed by atoms with Gasteiger partial charge in [0, 0.05) is 35.4 Å². The molecule has 0 aliphatic carbocycles. The molecule has 4 rings (SSSR count). The Kier molecular flexibility index (Phi) is 5.10. The second kappa shape index (κ2) is 7.71. The van der Waals surface area contributed by atoms with E-state index in [9.17, 15) is 14.4 Å². The molecule has 0 spiro atoms. The van der Waals surface area contributed by atoms with E-state index in [0.717, 1.165) is 31.8 Å². The summed E-state index contributed by atoms with van der Waals surface area (Å²) in [6, 6.07) is 8.63. The van der Waals surface area contributed by atoms with Crippen LogP contribution in [0.3, 0.4) is 0 Å². The number of aromatic nitrogens is 1. The minimum absolute atomic E-state index is 0.254. The summed E-state index contributed by atoms with van der Waals surface area (Å²) >= 11 is 1.59. The number of thiophene rings is 1. The maximum absolute atomic E-state index is 12.8. The van der Waals surface area contributed by atoms with Gasteiger partial charge < -0.3 is 15.2 Å². The van der Waals surface area contributed by atoms with Crippen molar-refractivity contribution >= 4 is 40.1 Å². The summed E-state index contributed by atoms with van der Waals surface area (Å²) < 4.78 is 0. The average Bonchev–Trinajstić information content (AvgIpc) is 3.37. The van der Waals surface area contributed by atoms with Crippen molar-refractivity contribution in [1.82, 2.24) is 20.1 Å². The Bertz CT molecular complexity index is 1090.